The number of hydrogen-bond donors (Lipinski definition) is 1. The molecule has 0 aliphatic rings. The number of halogens is 1. The molecule has 1 atom stereocenters. The second kappa shape index (κ2) is 7.88. The van der Waals surface area contributed by atoms with Gasteiger partial charge in [-0.25, -0.2) is 0 Å². The van der Waals surface area contributed by atoms with Crippen molar-refractivity contribution in [2.24, 2.45) is 0 Å². The van der Waals surface area contributed by atoms with Crippen LogP contribution in [-0.2, 0) is 0 Å². The molecule has 0 aliphatic heterocycles. The van der Waals surface area contributed by atoms with Gasteiger partial charge < -0.3 is 22.1 Å². The van der Waals surface area contributed by atoms with Crippen molar-refractivity contribution in [3.05, 3.63) is 91.0 Å². The second-order valence-corrected chi connectivity index (χ2v) is 9.10. The third-order valence-electron chi connectivity index (χ3n) is 4.05. The lowest BCUT2D eigenvalue weighted by molar-refractivity contribution is -0.00000568. The fourth-order valence-corrected chi connectivity index (χ4v) is 7.20. The van der Waals surface area contributed by atoms with E-state index in [-0.39, 0.29) is 17.0 Å². The lowest BCUT2D eigenvalue weighted by atomic mass is 10.4. The van der Waals surface area contributed by atoms with Gasteiger partial charge in [-0.3, -0.25) is 0 Å². The molecule has 118 valence electrons. The molecule has 3 aromatic rings. The van der Waals surface area contributed by atoms with Crippen LogP contribution in [-0.4, -0.2) is 11.0 Å². The lowest BCUT2D eigenvalue weighted by Gasteiger charge is -2.29. The van der Waals surface area contributed by atoms with Crippen LogP contribution in [0.25, 0.3) is 0 Å². The highest BCUT2D eigenvalue weighted by Crippen LogP contribution is 2.58. The van der Waals surface area contributed by atoms with Crippen molar-refractivity contribution in [1.29, 1.82) is 0 Å². The monoisotopic (exact) mass is 386 g/mol. The molecule has 1 unspecified atom stereocenters. The van der Waals surface area contributed by atoms with E-state index in [1.807, 2.05) is 25.1 Å². The minimum absolute atomic E-state index is 0. The van der Waals surface area contributed by atoms with Gasteiger partial charge in [-0.2, -0.15) is 0 Å². The molecule has 0 amide bonds. The first kappa shape index (κ1) is 17.9. The van der Waals surface area contributed by atoms with Crippen LogP contribution in [0.3, 0.4) is 0 Å². The zero-order valence-electron chi connectivity index (χ0n) is 13.0. The van der Waals surface area contributed by atoms with E-state index in [1.165, 1.54) is 15.9 Å². The summed E-state index contributed by atoms with van der Waals surface area (Å²) in [6, 6.07) is 31.2. The molecule has 1 nitrogen and oxygen atoms in total. The quantitative estimate of drug-likeness (QED) is 0.640. The number of benzene rings is 3. The minimum Gasteiger partial charge on any atom is -1.00 e. The zero-order chi connectivity index (χ0) is 15.4. The van der Waals surface area contributed by atoms with Crippen LogP contribution in [0.1, 0.15) is 6.92 Å². The van der Waals surface area contributed by atoms with Gasteiger partial charge in [0.05, 0.1) is 0 Å². The fraction of sp³-hybridized carbons (Fsp3) is 0.100. The Labute approximate surface area is 149 Å². The summed E-state index contributed by atoms with van der Waals surface area (Å²) < 4.78 is 0. The summed E-state index contributed by atoms with van der Waals surface area (Å²) in [4.78, 5) is 0. The highest BCUT2D eigenvalue weighted by molar-refractivity contribution is 7.96. The Balaban J connectivity index is 0.00000192. The minimum atomic E-state index is -2.07. The summed E-state index contributed by atoms with van der Waals surface area (Å²) in [5, 5.41) is 14.5. The van der Waals surface area contributed by atoms with Crippen molar-refractivity contribution in [1.82, 2.24) is 0 Å². The Bertz CT molecular complexity index is 618. The molecule has 23 heavy (non-hydrogen) atoms. The first-order valence-electron chi connectivity index (χ1n) is 7.50. The summed E-state index contributed by atoms with van der Waals surface area (Å²) in [5.41, 5.74) is 0. The Morgan fingerprint density at radius 3 is 1.09 bits per heavy atom. The molecule has 0 saturated heterocycles. The summed E-state index contributed by atoms with van der Waals surface area (Å²) >= 11 is 0. The summed E-state index contributed by atoms with van der Waals surface area (Å²) in [6.07, 6.45) is 0. The molecule has 0 aliphatic carbocycles. The SMILES string of the molecule is CC(O)[P+](c1ccccc1)(c1ccccc1)c1ccccc1.[Br-]. The molecular formula is C20H20BrOP. The van der Waals surface area contributed by atoms with Crippen molar-refractivity contribution in [2.45, 2.75) is 12.8 Å². The largest absolute Gasteiger partial charge is 1.00 e. The number of aliphatic hydroxyl groups excluding tert-OH is 1. The molecule has 3 aromatic carbocycles. The van der Waals surface area contributed by atoms with Crippen LogP contribution in [0.4, 0.5) is 0 Å². The summed E-state index contributed by atoms with van der Waals surface area (Å²) in [7, 11) is -2.07. The molecule has 3 rings (SSSR count). The van der Waals surface area contributed by atoms with Crippen LogP contribution in [0.15, 0.2) is 91.0 Å². The molecule has 0 heterocycles. The first-order chi connectivity index (χ1) is 10.8. The van der Waals surface area contributed by atoms with Gasteiger partial charge in [-0.05, 0) is 43.3 Å². The number of hydrogen-bond acceptors (Lipinski definition) is 1. The maximum Gasteiger partial charge on any atom is 0.175 e. The van der Waals surface area contributed by atoms with Crippen LogP contribution < -0.4 is 32.9 Å². The fourth-order valence-electron chi connectivity index (χ4n) is 3.08. The van der Waals surface area contributed by atoms with E-state index in [9.17, 15) is 5.11 Å². The first-order valence-corrected chi connectivity index (χ1v) is 9.35. The summed E-state index contributed by atoms with van der Waals surface area (Å²) in [5.74, 6) is -0.445. The third kappa shape index (κ3) is 3.26. The van der Waals surface area contributed by atoms with E-state index < -0.39 is 13.1 Å². The highest BCUT2D eigenvalue weighted by atomic mass is 79.9. The average Bonchev–Trinajstić information content (AvgIpc) is 2.58. The standard InChI is InChI=1S/C20H20OP.BrH/c1-17(21)22(18-11-5-2-6-12-18,19-13-7-3-8-14-19)20-15-9-4-10-16-20;/h2-17,21H,1H3;1H/q+1;/p-1. The second-order valence-electron chi connectivity index (χ2n) is 5.36. The molecule has 0 radical (unpaired) electrons. The predicted molar refractivity (Wildman–Crippen MR) is 96.8 cm³/mol. The van der Waals surface area contributed by atoms with E-state index in [2.05, 4.69) is 72.8 Å². The van der Waals surface area contributed by atoms with Crippen molar-refractivity contribution in [2.75, 3.05) is 0 Å². The molecule has 0 aromatic heterocycles. The maximum absolute atomic E-state index is 10.9. The molecule has 0 saturated carbocycles. The zero-order valence-corrected chi connectivity index (χ0v) is 15.5. The highest BCUT2D eigenvalue weighted by Gasteiger charge is 2.49. The average molecular weight is 387 g/mol. The maximum atomic E-state index is 10.9. The van der Waals surface area contributed by atoms with Gasteiger partial charge in [0, 0.05) is 0 Å². The van der Waals surface area contributed by atoms with Crippen LogP contribution in [0, 0.1) is 0 Å². The molecule has 3 heteroatoms. The van der Waals surface area contributed by atoms with Gasteiger partial charge in [0.25, 0.3) is 0 Å². The number of aliphatic hydroxyl groups is 1. The Morgan fingerprint density at radius 2 is 0.870 bits per heavy atom. The van der Waals surface area contributed by atoms with Crippen molar-refractivity contribution in [3.63, 3.8) is 0 Å². The van der Waals surface area contributed by atoms with Gasteiger partial charge in [0.15, 0.2) is 5.85 Å². The Kier molecular flexibility index (Phi) is 6.12. The lowest BCUT2D eigenvalue weighted by Crippen LogP contribution is -3.00. The third-order valence-corrected chi connectivity index (χ3v) is 8.51. The van der Waals surface area contributed by atoms with Crippen molar-refractivity contribution >= 4 is 23.2 Å². The topological polar surface area (TPSA) is 20.2 Å². The molecule has 1 N–H and O–H groups in total. The predicted octanol–water partition coefficient (Wildman–Crippen LogP) is 0.323. The van der Waals surface area contributed by atoms with Crippen molar-refractivity contribution < 1.29 is 22.1 Å². The van der Waals surface area contributed by atoms with Crippen LogP contribution in [0.2, 0.25) is 0 Å². The van der Waals surface area contributed by atoms with Crippen LogP contribution in [0.5, 0.6) is 0 Å². The Morgan fingerprint density at radius 1 is 0.609 bits per heavy atom. The van der Waals surface area contributed by atoms with Gasteiger partial charge >= 0.3 is 0 Å². The van der Waals surface area contributed by atoms with E-state index in [0.717, 1.165) is 0 Å². The van der Waals surface area contributed by atoms with Gasteiger partial charge in [0.2, 0.25) is 0 Å². The van der Waals surface area contributed by atoms with Crippen LogP contribution >= 0.6 is 7.26 Å². The molecule has 0 bridgehead atoms. The van der Waals surface area contributed by atoms with E-state index in [1.54, 1.807) is 0 Å². The number of rotatable bonds is 4. The van der Waals surface area contributed by atoms with Gasteiger partial charge in [-0.15, -0.1) is 0 Å². The molecule has 0 spiro atoms. The van der Waals surface area contributed by atoms with E-state index in [4.69, 9.17) is 0 Å². The van der Waals surface area contributed by atoms with Crippen molar-refractivity contribution in [3.8, 4) is 0 Å². The normalized spacial score (nSPS) is 12.3. The van der Waals surface area contributed by atoms with Gasteiger partial charge in [0.1, 0.15) is 23.2 Å². The van der Waals surface area contributed by atoms with Gasteiger partial charge in [-0.1, -0.05) is 54.6 Å². The smallest absolute Gasteiger partial charge is 0.175 e. The Hall–Kier alpha value is -1.47. The molecule has 0 fully saturated rings. The van der Waals surface area contributed by atoms with E-state index >= 15 is 0 Å². The van der Waals surface area contributed by atoms with E-state index in [0.29, 0.717) is 0 Å². The summed E-state index contributed by atoms with van der Waals surface area (Å²) in [6.45, 7) is 1.92. The molecular weight excluding hydrogens is 367 g/mol.